The van der Waals surface area contributed by atoms with E-state index in [2.05, 4.69) is 24.1 Å². The Kier molecular flexibility index (Phi) is 5.17. The van der Waals surface area contributed by atoms with Gasteiger partial charge in [0.15, 0.2) is 0 Å². The van der Waals surface area contributed by atoms with Crippen LogP contribution < -0.4 is 5.32 Å². The molecule has 1 aliphatic rings. The van der Waals surface area contributed by atoms with Gasteiger partial charge in [0, 0.05) is 5.54 Å². The van der Waals surface area contributed by atoms with Crippen molar-refractivity contribution >= 4 is 0 Å². The van der Waals surface area contributed by atoms with Crippen molar-refractivity contribution in [1.29, 1.82) is 0 Å². The van der Waals surface area contributed by atoms with E-state index in [0.717, 1.165) is 31.5 Å². The summed E-state index contributed by atoms with van der Waals surface area (Å²) >= 11 is 0. The highest BCUT2D eigenvalue weighted by atomic mass is 19.1. The number of rotatable bonds is 6. The quantitative estimate of drug-likeness (QED) is 0.852. The standard InChI is InChI=1S/C17H27FN2/c1-4-17(5-2,20-11-6-7-12-20)16(19-3)14-9-8-10-15(18)13-14/h8-10,13,16,19H,4-7,11-12H2,1-3H3. The molecule has 1 N–H and O–H groups in total. The second-order valence-corrected chi connectivity index (χ2v) is 5.78. The van der Waals surface area contributed by atoms with Crippen molar-refractivity contribution in [3.63, 3.8) is 0 Å². The number of nitrogens with one attached hydrogen (secondary N) is 1. The van der Waals surface area contributed by atoms with Gasteiger partial charge in [0.1, 0.15) is 5.82 Å². The summed E-state index contributed by atoms with van der Waals surface area (Å²) in [4.78, 5) is 2.61. The Hall–Kier alpha value is -0.930. The van der Waals surface area contributed by atoms with E-state index >= 15 is 0 Å². The zero-order valence-corrected chi connectivity index (χ0v) is 13.0. The maximum Gasteiger partial charge on any atom is 0.123 e. The highest BCUT2D eigenvalue weighted by molar-refractivity contribution is 5.24. The predicted molar refractivity (Wildman–Crippen MR) is 82.3 cm³/mol. The second kappa shape index (κ2) is 6.68. The molecule has 1 saturated heterocycles. The normalized spacial score (nSPS) is 18.4. The van der Waals surface area contributed by atoms with E-state index in [1.165, 1.54) is 18.9 Å². The van der Waals surface area contributed by atoms with Crippen LogP contribution in [0.5, 0.6) is 0 Å². The molecule has 1 aliphatic heterocycles. The van der Waals surface area contributed by atoms with Crippen molar-refractivity contribution in [2.24, 2.45) is 0 Å². The van der Waals surface area contributed by atoms with Gasteiger partial charge >= 0.3 is 0 Å². The van der Waals surface area contributed by atoms with Crippen LogP contribution >= 0.6 is 0 Å². The molecule has 3 heteroatoms. The Balaban J connectivity index is 2.38. The minimum absolute atomic E-state index is 0.0824. The number of nitrogens with zero attached hydrogens (tertiary/aromatic N) is 1. The van der Waals surface area contributed by atoms with E-state index in [1.54, 1.807) is 6.07 Å². The van der Waals surface area contributed by atoms with Crippen LogP contribution in [-0.4, -0.2) is 30.6 Å². The number of likely N-dealkylation sites (tertiary alicyclic amines) is 1. The van der Waals surface area contributed by atoms with Crippen LogP contribution in [-0.2, 0) is 0 Å². The van der Waals surface area contributed by atoms with E-state index in [-0.39, 0.29) is 17.4 Å². The number of likely N-dealkylation sites (N-methyl/N-ethyl adjacent to an activating group) is 1. The molecule has 112 valence electrons. The Morgan fingerprint density at radius 2 is 1.90 bits per heavy atom. The first-order valence-electron chi connectivity index (χ1n) is 7.85. The maximum atomic E-state index is 13.6. The smallest absolute Gasteiger partial charge is 0.123 e. The van der Waals surface area contributed by atoms with Gasteiger partial charge in [0.25, 0.3) is 0 Å². The van der Waals surface area contributed by atoms with E-state index < -0.39 is 0 Å². The van der Waals surface area contributed by atoms with Crippen molar-refractivity contribution in [2.45, 2.75) is 51.1 Å². The highest BCUT2D eigenvalue weighted by Gasteiger charge is 2.42. The summed E-state index contributed by atoms with van der Waals surface area (Å²) in [7, 11) is 1.99. The van der Waals surface area contributed by atoms with Gasteiger partial charge < -0.3 is 5.32 Å². The molecular formula is C17H27FN2. The fraction of sp³-hybridized carbons (Fsp3) is 0.647. The molecule has 1 atom stereocenters. The molecule has 1 aromatic carbocycles. The van der Waals surface area contributed by atoms with Gasteiger partial charge in [-0.15, -0.1) is 0 Å². The van der Waals surface area contributed by atoms with Crippen LogP contribution in [0.4, 0.5) is 4.39 Å². The third-order valence-corrected chi connectivity index (χ3v) is 4.97. The summed E-state index contributed by atoms with van der Waals surface area (Å²) in [5, 5.41) is 3.46. The minimum Gasteiger partial charge on any atom is -0.311 e. The number of hydrogen-bond donors (Lipinski definition) is 1. The predicted octanol–water partition coefficient (Wildman–Crippen LogP) is 3.74. The summed E-state index contributed by atoms with van der Waals surface area (Å²) in [5.41, 5.74) is 1.14. The first-order valence-corrected chi connectivity index (χ1v) is 7.85. The first kappa shape index (κ1) is 15.5. The number of hydrogen-bond acceptors (Lipinski definition) is 2. The maximum absolute atomic E-state index is 13.6. The van der Waals surface area contributed by atoms with Gasteiger partial charge in [-0.3, -0.25) is 4.90 Å². The van der Waals surface area contributed by atoms with Crippen LogP contribution in [0.2, 0.25) is 0 Å². The fourth-order valence-corrected chi connectivity index (χ4v) is 3.88. The summed E-state index contributed by atoms with van der Waals surface area (Å²) in [6, 6.07) is 7.23. The average molecular weight is 278 g/mol. The molecule has 0 amide bonds. The zero-order chi connectivity index (χ0) is 14.6. The Bertz CT molecular complexity index is 423. The van der Waals surface area contributed by atoms with Gasteiger partial charge in [-0.2, -0.15) is 0 Å². The molecule has 1 heterocycles. The molecule has 0 bridgehead atoms. The molecule has 0 radical (unpaired) electrons. The lowest BCUT2D eigenvalue weighted by atomic mass is 9.79. The zero-order valence-electron chi connectivity index (χ0n) is 13.0. The van der Waals surface area contributed by atoms with Crippen LogP contribution in [0, 0.1) is 5.82 Å². The van der Waals surface area contributed by atoms with Gasteiger partial charge in [0.2, 0.25) is 0 Å². The van der Waals surface area contributed by atoms with E-state index in [4.69, 9.17) is 0 Å². The van der Waals surface area contributed by atoms with Crippen molar-refractivity contribution in [1.82, 2.24) is 10.2 Å². The lowest BCUT2D eigenvalue weighted by Crippen LogP contribution is -2.54. The molecule has 0 saturated carbocycles. The molecular weight excluding hydrogens is 251 g/mol. The Labute approximate surface area is 122 Å². The summed E-state index contributed by atoms with van der Waals surface area (Å²) in [6.45, 7) is 6.83. The molecule has 1 fully saturated rings. The monoisotopic (exact) mass is 278 g/mol. The van der Waals surface area contributed by atoms with Crippen molar-refractivity contribution < 1.29 is 4.39 Å². The largest absolute Gasteiger partial charge is 0.311 e. The first-order chi connectivity index (χ1) is 9.67. The molecule has 0 aromatic heterocycles. The fourth-order valence-electron chi connectivity index (χ4n) is 3.88. The van der Waals surface area contributed by atoms with E-state index in [9.17, 15) is 4.39 Å². The van der Waals surface area contributed by atoms with Gasteiger partial charge in [0.05, 0.1) is 6.04 Å². The molecule has 2 nitrogen and oxygen atoms in total. The number of halogens is 1. The Morgan fingerprint density at radius 1 is 1.25 bits per heavy atom. The van der Waals surface area contributed by atoms with Crippen molar-refractivity contribution in [3.8, 4) is 0 Å². The van der Waals surface area contributed by atoms with E-state index in [1.807, 2.05) is 19.2 Å². The summed E-state index contributed by atoms with van der Waals surface area (Å²) in [5.74, 6) is -0.148. The number of benzene rings is 1. The lowest BCUT2D eigenvalue weighted by molar-refractivity contribution is 0.0646. The van der Waals surface area contributed by atoms with Crippen molar-refractivity contribution in [2.75, 3.05) is 20.1 Å². The van der Waals surface area contributed by atoms with Crippen LogP contribution in [0.25, 0.3) is 0 Å². The SMILES string of the molecule is CCC(CC)(C(NC)c1cccc(F)c1)N1CCCC1. The summed E-state index contributed by atoms with van der Waals surface area (Å²) < 4.78 is 13.6. The minimum atomic E-state index is -0.148. The van der Waals surface area contributed by atoms with Gasteiger partial charge in [-0.05, 0) is 63.5 Å². The molecule has 0 spiro atoms. The Morgan fingerprint density at radius 3 is 2.40 bits per heavy atom. The topological polar surface area (TPSA) is 15.3 Å². The molecule has 1 unspecified atom stereocenters. The summed E-state index contributed by atoms with van der Waals surface area (Å²) in [6.07, 6.45) is 4.71. The second-order valence-electron chi connectivity index (χ2n) is 5.78. The lowest BCUT2D eigenvalue weighted by Gasteiger charge is -2.47. The molecule has 20 heavy (non-hydrogen) atoms. The average Bonchev–Trinajstić information content (AvgIpc) is 2.99. The van der Waals surface area contributed by atoms with Crippen LogP contribution in [0.1, 0.15) is 51.1 Å². The third-order valence-electron chi connectivity index (χ3n) is 4.97. The van der Waals surface area contributed by atoms with Crippen LogP contribution in [0.3, 0.4) is 0 Å². The molecule has 1 aromatic rings. The van der Waals surface area contributed by atoms with Crippen LogP contribution in [0.15, 0.2) is 24.3 Å². The van der Waals surface area contributed by atoms with E-state index in [0.29, 0.717) is 0 Å². The molecule has 0 aliphatic carbocycles. The van der Waals surface area contributed by atoms with Gasteiger partial charge in [-0.25, -0.2) is 4.39 Å². The molecule has 2 rings (SSSR count). The van der Waals surface area contributed by atoms with Gasteiger partial charge in [-0.1, -0.05) is 26.0 Å². The van der Waals surface area contributed by atoms with Crippen molar-refractivity contribution in [3.05, 3.63) is 35.6 Å². The third kappa shape index (κ3) is 2.75. The highest BCUT2D eigenvalue weighted by Crippen LogP contribution is 2.39.